The van der Waals surface area contributed by atoms with Crippen LogP contribution in [-0.4, -0.2) is 33.3 Å². The molecular weight excluding hydrogens is 250 g/mol. The zero-order valence-corrected chi connectivity index (χ0v) is 10.1. The van der Waals surface area contributed by atoms with Gasteiger partial charge in [-0.1, -0.05) is 12.1 Å². The second-order valence-electron chi connectivity index (χ2n) is 3.85. The third-order valence-electron chi connectivity index (χ3n) is 2.74. The van der Waals surface area contributed by atoms with E-state index in [1.165, 1.54) is 13.3 Å². The normalized spacial score (nSPS) is 12.1. The number of carbonyl (C=O) groups is 1. The number of methoxy groups -OCH3 is 1. The third kappa shape index (κ3) is 2.23. The molecule has 2 rings (SSSR count). The Bertz CT molecular complexity index is 609. The first kappa shape index (κ1) is 12.9. The number of hydrogen-bond donors (Lipinski definition) is 3. The number of aromatic nitrogens is 2. The smallest absolute Gasteiger partial charge is 0.325 e. The Labute approximate surface area is 108 Å². The predicted molar refractivity (Wildman–Crippen MR) is 66.0 cm³/mol. The molecule has 100 valence electrons. The topological polar surface area (TPSA) is 111 Å². The van der Waals surface area contributed by atoms with Crippen LogP contribution in [0.15, 0.2) is 30.5 Å². The molecule has 0 bridgehead atoms. The fourth-order valence-corrected chi connectivity index (χ4v) is 1.82. The summed E-state index contributed by atoms with van der Waals surface area (Å²) in [6.07, 6.45) is 1.22. The second kappa shape index (κ2) is 4.99. The molecule has 1 aromatic carbocycles. The van der Waals surface area contributed by atoms with Gasteiger partial charge in [-0.3, -0.25) is 4.79 Å². The van der Waals surface area contributed by atoms with E-state index in [9.17, 15) is 10.0 Å². The number of carboxylic acid groups (broad SMARTS) is 1. The van der Waals surface area contributed by atoms with Crippen molar-refractivity contribution in [3.05, 3.63) is 36.0 Å². The molecule has 0 amide bonds. The molecule has 7 nitrogen and oxygen atoms in total. The summed E-state index contributed by atoms with van der Waals surface area (Å²) in [4.78, 5) is 11.6. The van der Waals surface area contributed by atoms with E-state index in [1.54, 1.807) is 24.3 Å². The molecule has 0 radical (unpaired) electrons. The van der Waals surface area contributed by atoms with Crippen molar-refractivity contribution in [3.63, 3.8) is 0 Å². The van der Waals surface area contributed by atoms with Gasteiger partial charge in [-0.05, 0) is 12.1 Å². The second-order valence-corrected chi connectivity index (χ2v) is 3.85. The fraction of sp³-hybridized carbons (Fsp3) is 0.167. The van der Waals surface area contributed by atoms with Crippen molar-refractivity contribution in [1.29, 1.82) is 0 Å². The zero-order valence-electron chi connectivity index (χ0n) is 10.1. The van der Waals surface area contributed by atoms with Crippen LogP contribution in [0.5, 0.6) is 5.75 Å². The molecule has 19 heavy (non-hydrogen) atoms. The number of aliphatic carboxylic acids is 1. The summed E-state index contributed by atoms with van der Waals surface area (Å²) in [5.74, 6) is -0.721. The Morgan fingerprint density at radius 3 is 2.79 bits per heavy atom. The van der Waals surface area contributed by atoms with Gasteiger partial charge in [0, 0.05) is 11.1 Å². The molecule has 7 heteroatoms. The van der Waals surface area contributed by atoms with Gasteiger partial charge in [-0.15, -0.1) is 9.94 Å². The van der Waals surface area contributed by atoms with E-state index in [-0.39, 0.29) is 11.3 Å². The molecule has 0 saturated carbocycles. The molecule has 4 N–H and O–H groups in total. The number of rotatable bonds is 4. The maximum Gasteiger partial charge on any atom is 0.325 e. The van der Waals surface area contributed by atoms with E-state index in [0.717, 1.165) is 0 Å². The molecule has 0 spiro atoms. The average Bonchev–Trinajstić information content (AvgIpc) is 2.79. The van der Waals surface area contributed by atoms with Crippen molar-refractivity contribution in [2.75, 3.05) is 7.11 Å². The number of ether oxygens (including phenoxy) is 1. The largest absolute Gasteiger partial charge is 0.496 e. The Hall–Kier alpha value is -2.54. The maximum absolute atomic E-state index is 11.0. The maximum atomic E-state index is 11.0. The van der Waals surface area contributed by atoms with Crippen LogP contribution >= 0.6 is 0 Å². The average molecular weight is 263 g/mol. The van der Waals surface area contributed by atoms with Gasteiger partial charge in [0.2, 0.25) is 0 Å². The summed E-state index contributed by atoms with van der Waals surface area (Å²) in [7, 11) is 1.48. The van der Waals surface area contributed by atoms with Crippen LogP contribution in [0.25, 0.3) is 11.3 Å². The van der Waals surface area contributed by atoms with E-state index in [2.05, 4.69) is 5.10 Å². The first-order valence-electron chi connectivity index (χ1n) is 5.45. The summed E-state index contributed by atoms with van der Waals surface area (Å²) in [6, 6.07) is 5.60. The van der Waals surface area contributed by atoms with Gasteiger partial charge < -0.3 is 20.8 Å². The molecule has 0 fully saturated rings. The summed E-state index contributed by atoms with van der Waals surface area (Å²) in [5, 5.41) is 22.3. The Kier molecular flexibility index (Phi) is 3.39. The van der Waals surface area contributed by atoms with Gasteiger partial charge in [0.1, 0.15) is 17.5 Å². The van der Waals surface area contributed by atoms with Gasteiger partial charge in [0.25, 0.3) is 0 Å². The lowest BCUT2D eigenvalue weighted by Gasteiger charge is -2.11. The Balaban J connectivity index is 2.62. The van der Waals surface area contributed by atoms with Crippen molar-refractivity contribution < 1.29 is 19.8 Å². The third-order valence-corrected chi connectivity index (χ3v) is 2.74. The number of hydrogen-bond acceptors (Lipinski definition) is 5. The lowest BCUT2D eigenvalue weighted by Crippen LogP contribution is -2.21. The molecular formula is C12H13N3O4. The highest BCUT2D eigenvalue weighted by molar-refractivity contribution is 5.80. The minimum Gasteiger partial charge on any atom is -0.496 e. The lowest BCUT2D eigenvalue weighted by atomic mass is 10.0. The summed E-state index contributed by atoms with van der Waals surface area (Å²) in [5.41, 5.74) is 6.50. The SMILES string of the molecule is COc1ccccc1-c1c(C(N)C(=O)O)cnn1O. The van der Waals surface area contributed by atoms with Crippen molar-refractivity contribution in [2.45, 2.75) is 6.04 Å². The van der Waals surface area contributed by atoms with Crippen LogP contribution in [0.2, 0.25) is 0 Å². The van der Waals surface area contributed by atoms with Crippen LogP contribution < -0.4 is 10.5 Å². The molecule has 1 unspecified atom stereocenters. The number of nitrogens with zero attached hydrogens (tertiary/aromatic N) is 2. The van der Waals surface area contributed by atoms with Crippen molar-refractivity contribution in [1.82, 2.24) is 9.94 Å². The minimum atomic E-state index is -1.28. The summed E-state index contributed by atoms with van der Waals surface area (Å²) < 4.78 is 5.18. The molecule has 2 aromatic rings. The Morgan fingerprint density at radius 2 is 2.16 bits per heavy atom. The van der Waals surface area contributed by atoms with E-state index < -0.39 is 12.0 Å². The van der Waals surface area contributed by atoms with Crippen LogP contribution in [0.3, 0.4) is 0 Å². The fourth-order valence-electron chi connectivity index (χ4n) is 1.82. The van der Waals surface area contributed by atoms with Crippen molar-refractivity contribution in [2.24, 2.45) is 5.73 Å². The zero-order chi connectivity index (χ0) is 14.0. The van der Waals surface area contributed by atoms with Gasteiger partial charge in [-0.2, -0.15) is 0 Å². The summed E-state index contributed by atoms with van der Waals surface area (Å²) in [6.45, 7) is 0. The highest BCUT2D eigenvalue weighted by Crippen LogP contribution is 2.33. The first-order valence-corrected chi connectivity index (χ1v) is 5.45. The van der Waals surface area contributed by atoms with Crippen molar-refractivity contribution >= 4 is 5.97 Å². The standard InChI is InChI=1S/C12H13N3O4/c1-19-9-5-3-2-4-7(9)11-8(6-14-15(11)18)10(13)12(16)17/h2-6,10,18H,13H2,1H3,(H,16,17). The number of carboxylic acids is 1. The van der Waals surface area contributed by atoms with Crippen LogP contribution in [0, 0.1) is 0 Å². The molecule has 0 aliphatic heterocycles. The monoisotopic (exact) mass is 263 g/mol. The molecule has 0 saturated heterocycles. The minimum absolute atomic E-state index is 0.201. The molecule has 1 aromatic heterocycles. The van der Waals surface area contributed by atoms with Gasteiger partial charge in [0.15, 0.2) is 0 Å². The first-order chi connectivity index (χ1) is 9.06. The van der Waals surface area contributed by atoms with E-state index in [1.807, 2.05) is 0 Å². The van der Waals surface area contributed by atoms with Gasteiger partial charge in [-0.25, -0.2) is 0 Å². The van der Waals surface area contributed by atoms with Gasteiger partial charge in [0.05, 0.1) is 13.3 Å². The molecule has 0 aliphatic carbocycles. The van der Waals surface area contributed by atoms with Crippen molar-refractivity contribution in [3.8, 4) is 17.0 Å². The number of nitrogens with two attached hydrogens (primary N) is 1. The predicted octanol–water partition coefficient (Wildman–Crippen LogP) is 0.880. The quantitative estimate of drug-likeness (QED) is 0.706. The lowest BCUT2D eigenvalue weighted by molar-refractivity contribution is -0.138. The van der Waals surface area contributed by atoms with Crippen LogP contribution in [0.1, 0.15) is 11.6 Å². The number of benzene rings is 1. The van der Waals surface area contributed by atoms with Gasteiger partial charge >= 0.3 is 5.97 Å². The molecule has 1 heterocycles. The number of para-hydroxylation sites is 1. The molecule has 1 atom stereocenters. The van der Waals surface area contributed by atoms with E-state index >= 15 is 0 Å². The molecule has 0 aliphatic rings. The van der Waals surface area contributed by atoms with E-state index in [4.69, 9.17) is 15.6 Å². The summed E-state index contributed by atoms with van der Waals surface area (Å²) >= 11 is 0. The van der Waals surface area contributed by atoms with Crippen LogP contribution in [-0.2, 0) is 4.79 Å². The van der Waals surface area contributed by atoms with Crippen LogP contribution in [0.4, 0.5) is 0 Å². The Morgan fingerprint density at radius 1 is 1.47 bits per heavy atom. The highest BCUT2D eigenvalue weighted by Gasteiger charge is 2.25. The highest BCUT2D eigenvalue weighted by atomic mass is 16.5. The van der Waals surface area contributed by atoms with E-state index in [0.29, 0.717) is 16.2 Å².